The molecule has 0 aliphatic carbocycles. The summed E-state index contributed by atoms with van der Waals surface area (Å²) in [5.41, 5.74) is 0. The lowest BCUT2D eigenvalue weighted by Gasteiger charge is -2.15. The summed E-state index contributed by atoms with van der Waals surface area (Å²) in [5, 5.41) is 8.74. The van der Waals surface area contributed by atoms with Crippen molar-refractivity contribution in [3.05, 3.63) is 12.3 Å². The first-order valence-electron chi connectivity index (χ1n) is 5.23. The van der Waals surface area contributed by atoms with Crippen LogP contribution in [0, 0.1) is 0 Å². The zero-order valence-electron chi connectivity index (χ0n) is 9.65. The Morgan fingerprint density at radius 3 is 2.47 bits per heavy atom. The highest BCUT2D eigenvalue weighted by Crippen LogP contribution is 2.04. The van der Waals surface area contributed by atoms with Crippen LogP contribution in [-0.4, -0.2) is 35.4 Å². The van der Waals surface area contributed by atoms with E-state index in [2.05, 4.69) is 22.9 Å². The Hall–Kier alpha value is -0.0600. The summed E-state index contributed by atoms with van der Waals surface area (Å²) in [4.78, 5) is 0.471. The van der Waals surface area contributed by atoms with Crippen LogP contribution in [0.5, 0.6) is 0 Å². The Morgan fingerprint density at radius 2 is 1.93 bits per heavy atom. The molecule has 0 fully saturated rings. The zero-order chi connectivity index (χ0) is 11.7. The molecule has 0 aromatic carbocycles. The van der Waals surface area contributed by atoms with E-state index < -0.39 is 0 Å². The number of hydrogen-bond donors (Lipinski definition) is 1. The molecular weight excluding hydrogens is 260 g/mol. The first kappa shape index (κ1) is 14.9. The maximum absolute atomic E-state index is 8.74. The molecule has 3 unspecified atom stereocenters. The summed E-state index contributed by atoms with van der Waals surface area (Å²) >= 11 is 3.44. The monoisotopic (exact) mass is 280 g/mol. The molecule has 0 bridgehead atoms. The average molecular weight is 281 g/mol. The molecule has 1 N–H and O–H groups in total. The number of rotatable bonds is 8. The fourth-order valence-corrected chi connectivity index (χ4v) is 1.04. The van der Waals surface area contributed by atoms with Crippen molar-refractivity contribution in [2.24, 2.45) is 0 Å². The molecule has 0 rings (SSSR count). The Morgan fingerprint density at radius 1 is 1.27 bits per heavy atom. The Bertz CT molecular complexity index is 171. The van der Waals surface area contributed by atoms with Gasteiger partial charge in [0.05, 0.1) is 25.6 Å². The van der Waals surface area contributed by atoms with Gasteiger partial charge >= 0.3 is 0 Å². The molecular formula is C11H21BrO3. The third kappa shape index (κ3) is 10.2. The first-order chi connectivity index (χ1) is 7.06. The van der Waals surface area contributed by atoms with E-state index in [1.54, 1.807) is 6.26 Å². The van der Waals surface area contributed by atoms with Crippen LogP contribution in [0.2, 0.25) is 0 Å². The Kier molecular flexibility index (Phi) is 9.15. The van der Waals surface area contributed by atoms with Crippen LogP contribution >= 0.6 is 15.9 Å². The maximum Gasteiger partial charge on any atom is 0.118 e. The predicted molar refractivity (Wildman–Crippen MR) is 65.2 cm³/mol. The van der Waals surface area contributed by atoms with E-state index in [9.17, 15) is 0 Å². The normalized spacial score (nSPS) is 17.7. The van der Waals surface area contributed by atoms with Gasteiger partial charge in [0.1, 0.15) is 6.10 Å². The molecule has 4 heteroatoms. The van der Waals surface area contributed by atoms with Gasteiger partial charge in [0.2, 0.25) is 0 Å². The molecule has 0 spiro atoms. The van der Waals surface area contributed by atoms with Crippen LogP contribution in [0.4, 0.5) is 0 Å². The smallest absolute Gasteiger partial charge is 0.118 e. The molecule has 0 saturated heterocycles. The second kappa shape index (κ2) is 9.19. The predicted octanol–water partition coefficient (Wildman–Crippen LogP) is 2.48. The minimum Gasteiger partial charge on any atom is -0.496 e. The molecule has 0 aliphatic rings. The van der Waals surface area contributed by atoms with Gasteiger partial charge in [-0.1, -0.05) is 22.9 Å². The van der Waals surface area contributed by atoms with Crippen molar-refractivity contribution in [2.45, 2.75) is 44.2 Å². The minimum absolute atomic E-state index is 0.0147. The fraction of sp³-hybridized carbons (Fsp3) is 0.818. The quantitative estimate of drug-likeness (QED) is 0.548. The van der Waals surface area contributed by atoms with E-state index in [-0.39, 0.29) is 18.8 Å². The minimum atomic E-state index is -0.123. The third-order valence-corrected chi connectivity index (χ3v) is 2.11. The van der Waals surface area contributed by atoms with Crippen LogP contribution in [0.3, 0.4) is 0 Å². The van der Waals surface area contributed by atoms with E-state index in [4.69, 9.17) is 14.6 Å². The van der Waals surface area contributed by atoms with Crippen molar-refractivity contribution in [1.82, 2.24) is 0 Å². The lowest BCUT2D eigenvalue weighted by molar-refractivity contribution is -0.0220. The maximum atomic E-state index is 8.74. The van der Waals surface area contributed by atoms with Crippen molar-refractivity contribution in [3.63, 3.8) is 0 Å². The average Bonchev–Trinajstić information content (AvgIpc) is 2.20. The molecule has 3 atom stereocenters. The summed E-state index contributed by atoms with van der Waals surface area (Å²) in [6.45, 7) is 6.39. The molecule has 0 heterocycles. The molecule has 0 radical (unpaired) electrons. The van der Waals surface area contributed by atoms with Crippen molar-refractivity contribution in [3.8, 4) is 0 Å². The topological polar surface area (TPSA) is 38.7 Å². The fourth-order valence-electron chi connectivity index (χ4n) is 0.825. The van der Waals surface area contributed by atoms with Crippen molar-refractivity contribution < 1.29 is 14.6 Å². The Labute approximate surface area is 101 Å². The lowest BCUT2D eigenvalue weighted by Crippen LogP contribution is -2.21. The van der Waals surface area contributed by atoms with Gasteiger partial charge < -0.3 is 14.6 Å². The van der Waals surface area contributed by atoms with E-state index >= 15 is 0 Å². The van der Waals surface area contributed by atoms with Gasteiger partial charge in [0, 0.05) is 4.83 Å². The Balaban J connectivity index is 3.48. The molecule has 15 heavy (non-hydrogen) atoms. The molecule has 0 amide bonds. The molecule has 3 nitrogen and oxygen atoms in total. The largest absolute Gasteiger partial charge is 0.496 e. The van der Waals surface area contributed by atoms with Gasteiger partial charge in [-0.3, -0.25) is 0 Å². The second-order valence-corrected chi connectivity index (χ2v) is 5.22. The van der Waals surface area contributed by atoms with Gasteiger partial charge in [0.15, 0.2) is 0 Å². The van der Waals surface area contributed by atoms with Gasteiger partial charge in [0.25, 0.3) is 0 Å². The van der Waals surface area contributed by atoms with Crippen LogP contribution in [0.15, 0.2) is 12.3 Å². The van der Waals surface area contributed by atoms with Crippen molar-refractivity contribution in [1.29, 1.82) is 0 Å². The number of alkyl halides is 1. The third-order valence-electron chi connectivity index (χ3n) is 1.74. The molecule has 0 aromatic rings. The lowest BCUT2D eigenvalue weighted by atomic mass is 10.3. The van der Waals surface area contributed by atoms with E-state index in [1.807, 2.05) is 19.9 Å². The highest BCUT2D eigenvalue weighted by molar-refractivity contribution is 9.09. The highest BCUT2D eigenvalue weighted by atomic mass is 79.9. The van der Waals surface area contributed by atoms with E-state index in [0.29, 0.717) is 11.4 Å². The molecule has 90 valence electrons. The van der Waals surface area contributed by atoms with Crippen LogP contribution in [-0.2, 0) is 9.47 Å². The summed E-state index contributed by atoms with van der Waals surface area (Å²) in [6, 6.07) is 0. The molecule has 0 aliphatic heterocycles. The summed E-state index contributed by atoms with van der Waals surface area (Å²) in [5.74, 6) is 0. The number of aliphatic hydroxyl groups is 1. The van der Waals surface area contributed by atoms with Crippen molar-refractivity contribution >= 4 is 15.9 Å². The van der Waals surface area contributed by atoms with Gasteiger partial charge in [-0.15, -0.1) is 0 Å². The molecule has 0 saturated carbocycles. The summed E-state index contributed by atoms with van der Waals surface area (Å²) in [6.07, 6.45) is 4.52. The number of allylic oxidation sites excluding steroid dienone is 1. The number of halogens is 1. The first-order valence-corrected chi connectivity index (χ1v) is 6.14. The zero-order valence-corrected chi connectivity index (χ0v) is 11.2. The standard InChI is InChI=1S/C11H21BrO3/c1-9(12)5-4-6-14-11(3)8-15-10(2)7-13/h4,6,9-11,13H,5,7-8H2,1-3H3. The molecule has 0 aromatic heterocycles. The van der Waals surface area contributed by atoms with E-state index in [1.165, 1.54) is 0 Å². The van der Waals surface area contributed by atoms with Crippen LogP contribution in [0.25, 0.3) is 0 Å². The second-order valence-electron chi connectivity index (χ2n) is 3.66. The van der Waals surface area contributed by atoms with Crippen LogP contribution in [0.1, 0.15) is 27.2 Å². The summed E-state index contributed by atoms with van der Waals surface area (Å²) < 4.78 is 10.7. The van der Waals surface area contributed by atoms with E-state index in [0.717, 1.165) is 6.42 Å². The van der Waals surface area contributed by atoms with Crippen LogP contribution < -0.4 is 0 Å². The summed E-state index contributed by atoms with van der Waals surface area (Å²) in [7, 11) is 0. The van der Waals surface area contributed by atoms with Gasteiger partial charge in [-0.25, -0.2) is 0 Å². The van der Waals surface area contributed by atoms with Gasteiger partial charge in [-0.2, -0.15) is 0 Å². The highest BCUT2D eigenvalue weighted by Gasteiger charge is 2.04. The van der Waals surface area contributed by atoms with Crippen molar-refractivity contribution in [2.75, 3.05) is 13.2 Å². The SMILES string of the molecule is CC(Br)CC=COC(C)COC(C)CO. The number of hydrogen-bond acceptors (Lipinski definition) is 3. The van der Waals surface area contributed by atoms with Gasteiger partial charge in [-0.05, 0) is 26.3 Å². The number of ether oxygens (including phenoxy) is 2. The number of aliphatic hydroxyl groups excluding tert-OH is 1.